The summed E-state index contributed by atoms with van der Waals surface area (Å²) in [6, 6.07) is 4.97. The van der Waals surface area contributed by atoms with Crippen LogP contribution < -0.4 is 11.3 Å². The topological polar surface area (TPSA) is 68.3 Å². The van der Waals surface area contributed by atoms with Crippen LogP contribution in [0.2, 0.25) is 0 Å². The SMILES string of the molecule is C[C@@H](N)C(=O)N1C[C@H]2C[C@@H](C1)c1cccc(=O)n1C2. The molecule has 3 rings (SSSR count). The fraction of sp³-hybridized carbons (Fsp3) is 0.571. The van der Waals surface area contributed by atoms with Crippen LogP contribution in [0.1, 0.15) is 25.0 Å². The molecule has 1 aromatic rings. The summed E-state index contributed by atoms with van der Waals surface area (Å²) >= 11 is 0. The van der Waals surface area contributed by atoms with E-state index in [0.29, 0.717) is 19.0 Å². The average Bonchev–Trinajstić information content (AvgIpc) is 2.39. The Balaban J connectivity index is 1.92. The van der Waals surface area contributed by atoms with Crippen molar-refractivity contribution in [3.63, 3.8) is 0 Å². The summed E-state index contributed by atoms with van der Waals surface area (Å²) < 4.78 is 1.87. The normalized spacial score (nSPS) is 26.7. The number of likely N-dealkylation sites (tertiary alicyclic amines) is 1. The van der Waals surface area contributed by atoms with Crippen molar-refractivity contribution in [1.29, 1.82) is 0 Å². The third-order valence-corrected chi connectivity index (χ3v) is 4.18. The smallest absolute Gasteiger partial charge is 0.250 e. The molecular weight excluding hydrogens is 242 g/mol. The van der Waals surface area contributed by atoms with E-state index in [1.165, 1.54) is 0 Å². The first-order valence-electron chi connectivity index (χ1n) is 6.80. The molecule has 5 heteroatoms. The summed E-state index contributed by atoms with van der Waals surface area (Å²) in [7, 11) is 0. The van der Waals surface area contributed by atoms with Gasteiger partial charge in [0, 0.05) is 37.3 Å². The highest BCUT2D eigenvalue weighted by Gasteiger charge is 2.36. The van der Waals surface area contributed by atoms with Crippen LogP contribution in [0.25, 0.3) is 0 Å². The van der Waals surface area contributed by atoms with Crippen LogP contribution in [-0.2, 0) is 11.3 Å². The van der Waals surface area contributed by atoms with Crippen molar-refractivity contribution < 1.29 is 4.79 Å². The second-order valence-electron chi connectivity index (χ2n) is 5.73. The van der Waals surface area contributed by atoms with Gasteiger partial charge in [0.2, 0.25) is 5.91 Å². The van der Waals surface area contributed by atoms with Crippen molar-refractivity contribution >= 4 is 5.91 Å². The van der Waals surface area contributed by atoms with E-state index in [1.807, 2.05) is 15.5 Å². The lowest BCUT2D eigenvalue weighted by atomic mass is 9.83. The van der Waals surface area contributed by atoms with E-state index in [0.717, 1.165) is 18.7 Å². The molecular formula is C14H19N3O2. The van der Waals surface area contributed by atoms with Crippen LogP contribution in [-0.4, -0.2) is 34.5 Å². The Kier molecular flexibility index (Phi) is 2.93. The van der Waals surface area contributed by atoms with Crippen molar-refractivity contribution in [2.45, 2.75) is 31.8 Å². The predicted molar refractivity (Wildman–Crippen MR) is 71.8 cm³/mol. The van der Waals surface area contributed by atoms with Gasteiger partial charge in [-0.3, -0.25) is 9.59 Å². The second-order valence-corrected chi connectivity index (χ2v) is 5.73. The molecule has 19 heavy (non-hydrogen) atoms. The summed E-state index contributed by atoms with van der Waals surface area (Å²) in [5.74, 6) is 0.652. The minimum atomic E-state index is -0.447. The number of hydrogen-bond donors (Lipinski definition) is 1. The van der Waals surface area contributed by atoms with Gasteiger partial charge in [0.1, 0.15) is 0 Å². The summed E-state index contributed by atoms with van der Waals surface area (Å²) in [5, 5.41) is 0. The van der Waals surface area contributed by atoms with Gasteiger partial charge >= 0.3 is 0 Å². The number of pyridine rings is 1. The Labute approximate surface area is 112 Å². The van der Waals surface area contributed by atoms with E-state index in [2.05, 4.69) is 0 Å². The number of nitrogens with zero attached hydrogens (tertiary/aromatic N) is 2. The highest BCUT2D eigenvalue weighted by atomic mass is 16.2. The average molecular weight is 261 g/mol. The zero-order chi connectivity index (χ0) is 13.6. The Morgan fingerprint density at radius 3 is 2.89 bits per heavy atom. The molecule has 3 heterocycles. The van der Waals surface area contributed by atoms with E-state index in [4.69, 9.17) is 5.73 Å². The molecule has 1 saturated heterocycles. The second kappa shape index (κ2) is 4.49. The first-order valence-corrected chi connectivity index (χ1v) is 6.80. The maximum absolute atomic E-state index is 12.0. The Morgan fingerprint density at radius 1 is 1.37 bits per heavy atom. The van der Waals surface area contributed by atoms with Gasteiger partial charge in [-0.05, 0) is 25.3 Å². The first-order chi connectivity index (χ1) is 9.06. The van der Waals surface area contributed by atoms with E-state index in [9.17, 15) is 9.59 Å². The van der Waals surface area contributed by atoms with Crippen LogP contribution in [0.4, 0.5) is 0 Å². The maximum Gasteiger partial charge on any atom is 0.250 e. The molecule has 1 aromatic heterocycles. The Bertz CT molecular complexity index is 564. The van der Waals surface area contributed by atoms with Gasteiger partial charge in [0.05, 0.1) is 6.04 Å². The fourth-order valence-electron chi connectivity index (χ4n) is 3.36. The summed E-state index contributed by atoms with van der Waals surface area (Å²) in [4.78, 5) is 25.8. The molecule has 0 spiro atoms. The van der Waals surface area contributed by atoms with Crippen molar-refractivity contribution in [3.05, 3.63) is 34.2 Å². The zero-order valence-corrected chi connectivity index (χ0v) is 11.1. The molecule has 1 amide bonds. The van der Waals surface area contributed by atoms with E-state index in [-0.39, 0.29) is 17.4 Å². The highest BCUT2D eigenvalue weighted by molar-refractivity contribution is 5.81. The largest absolute Gasteiger partial charge is 0.340 e. The number of piperidine rings is 1. The van der Waals surface area contributed by atoms with Crippen LogP contribution >= 0.6 is 0 Å². The molecule has 0 radical (unpaired) electrons. The summed E-state index contributed by atoms with van der Waals surface area (Å²) in [6.45, 7) is 3.84. The lowest BCUT2D eigenvalue weighted by molar-refractivity contribution is -0.134. The zero-order valence-electron chi connectivity index (χ0n) is 11.1. The molecule has 3 atom stereocenters. The van der Waals surface area contributed by atoms with Crippen LogP contribution in [0.15, 0.2) is 23.0 Å². The molecule has 2 N–H and O–H groups in total. The molecule has 5 nitrogen and oxygen atoms in total. The van der Waals surface area contributed by atoms with E-state index >= 15 is 0 Å². The number of fused-ring (bicyclic) bond motifs is 4. The molecule has 0 unspecified atom stereocenters. The summed E-state index contributed by atoms with van der Waals surface area (Å²) in [5.41, 5.74) is 6.82. The van der Waals surface area contributed by atoms with Gasteiger partial charge in [-0.1, -0.05) is 6.07 Å². The lowest BCUT2D eigenvalue weighted by Crippen LogP contribution is -2.52. The number of hydrogen-bond acceptors (Lipinski definition) is 3. The predicted octanol–water partition coefficient (Wildman–Crippen LogP) is 0.141. The summed E-state index contributed by atoms with van der Waals surface area (Å²) in [6.07, 6.45) is 1.06. The Morgan fingerprint density at radius 2 is 2.16 bits per heavy atom. The number of carbonyl (C=O) groups is 1. The highest BCUT2D eigenvalue weighted by Crippen LogP contribution is 2.34. The van der Waals surface area contributed by atoms with Crippen LogP contribution in [0, 0.1) is 5.92 Å². The number of nitrogens with two attached hydrogens (primary N) is 1. The van der Waals surface area contributed by atoms with Gasteiger partial charge in [-0.2, -0.15) is 0 Å². The minimum absolute atomic E-state index is 0.0152. The van der Waals surface area contributed by atoms with Crippen molar-refractivity contribution in [2.24, 2.45) is 11.7 Å². The Hall–Kier alpha value is -1.62. The van der Waals surface area contributed by atoms with Gasteiger partial charge in [-0.25, -0.2) is 0 Å². The van der Waals surface area contributed by atoms with Crippen molar-refractivity contribution in [3.8, 4) is 0 Å². The number of carbonyl (C=O) groups excluding carboxylic acids is 1. The van der Waals surface area contributed by atoms with Crippen LogP contribution in [0.3, 0.4) is 0 Å². The molecule has 0 aliphatic carbocycles. The molecule has 2 aliphatic rings. The van der Waals surface area contributed by atoms with E-state index < -0.39 is 6.04 Å². The number of amides is 1. The van der Waals surface area contributed by atoms with Gasteiger partial charge < -0.3 is 15.2 Å². The first kappa shape index (κ1) is 12.4. The molecule has 1 fully saturated rings. The minimum Gasteiger partial charge on any atom is -0.340 e. The number of aromatic nitrogens is 1. The monoisotopic (exact) mass is 261 g/mol. The molecule has 0 aromatic carbocycles. The third-order valence-electron chi connectivity index (χ3n) is 4.18. The van der Waals surface area contributed by atoms with E-state index in [1.54, 1.807) is 19.1 Å². The van der Waals surface area contributed by atoms with Gasteiger partial charge in [0.15, 0.2) is 0 Å². The quantitative estimate of drug-likeness (QED) is 0.782. The molecule has 2 aliphatic heterocycles. The molecule has 2 bridgehead atoms. The van der Waals surface area contributed by atoms with Gasteiger partial charge in [-0.15, -0.1) is 0 Å². The van der Waals surface area contributed by atoms with Gasteiger partial charge in [0.25, 0.3) is 5.56 Å². The standard InChI is InChI=1S/C14H19N3O2/c1-9(15)14(19)16-6-10-5-11(8-16)12-3-2-4-13(18)17(12)7-10/h2-4,9-11H,5-8,15H2,1H3/t9-,10-,11+/m1/s1. The van der Waals surface area contributed by atoms with Crippen molar-refractivity contribution in [2.75, 3.05) is 13.1 Å². The molecule has 0 saturated carbocycles. The van der Waals surface area contributed by atoms with Crippen molar-refractivity contribution in [1.82, 2.24) is 9.47 Å². The third kappa shape index (κ3) is 2.08. The fourth-order valence-corrected chi connectivity index (χ4v) is 3.36. The van der Waals surface area contributed by atoms with Crippen LogP contribution in [0.5, 0.6) is 0 Å². The lowest BCUT2D eigenvalue weighted by Gasteiger charge is -2.43. The molecule has 102 valence electrons. The maximum atomic E-state index is 12.0. The number of rotatable bonds is 1.